The van der Waals surface area contributed by atoms with Crippen molar-refractivity contribution in [3.63, 3.8) is 0 Å². The molecular weight excluding hydrogens is 775 g/mol. The van der Waals surface area contributed by atoms with Crippen molar-refractivity contribution < 1.29 is 27.4 Å². The molecule has 44 heavy (non-hydrogen) atoms. The van der Waals surface area contributed by atoms with E-state index in [1.165, 1.54) is 37.3 Å². The van der Waals surface area contributed by atoms with Gasteiger partial charge in [0.2, 0.25) is 0 Å². The van der Waals surface area contributed by atoms with Gasteiger partial charge in [-0.05, 0) is 71.5 Å². The standard InChI is InChI=1S/C30H19Cl3F3IN2O4S/c1-2-42-28(41)23-24(15-7-9-18(31)10-8-15)39-27(40)22(44-29(39)38-26(23)30(34,35)36)12-17-11-19(32)13-21(37)25(17)43-14-16-5-3-4-6-20(16)33/h3-13,24H,2,14H2,1H3/b22-12-/t24-/m1/s1. The van der Waals surface area contributed by atoms with Crippen LogP contribution in [0.25, 0.3) is 6.08 Å². The number of hydrogen-bond acceptors (Lipinski definition) is 6. The third-order valence-electron chi connectivity index (χ3n) is 6.43. The van der Waals surface area contributed by atoms with Gasteiger partial charge in [-0.15, -0.1) is 0 Å². The van der Waals surface area contributed by atoms with Crippen LogP contribution in [0.2, 0.25) is 15.1 Å². The monoisotopic (exact) mass is 792 g/mol. The number of carbonyl (C=O) groups excluding carboxylic acids is 1. The van der Waals surface area contributed by atoms with Crippen LogP contribution >= 0.6 is 68.7 Å². The van der Waals surface area contributed by atoms with Crippen LogP contribution in [0.1, 0.15) is 29.7 Å². The van der Waals surface area contributed by atoms with E-state index in [9.17, 15) is 22.8 Å². The molecule has 4 aromatic rings. The maximum Gasteiger partial charge on any atom is 0.434 e. The lowest BCUT2D eigenvalue weighted by atomic mass is 9.95. The van der Waals surface area contributed by atoms with Crippen LogP contribution in [-0.4, -0.2) is 23.3 Å². The smallest absolute Gasteiger partial charge is 0.434 e. The molecule has 6 nitrogen and oxygen atoms in total. The van der Waals surface area contributed by atoms with Crippen LogP contribution in [0.4, 0.5) is 13.2 Å². The number of allylic oxidation sites excluding steroid dienone is 1. The predicted octanol–water partition coefficient (Wildman–Crippen LogP) is 7.48. The number of nitrogens with zero attached hydrogens (tertiary/aromatic N) is 2. The molecular formula is C30H19Cl3F3IN2O4S. The van der Waals surface area contributed by atoms with E-state index in [1.54, 1.807) is 30.3 Å². The molecule has 0 radical (unpaired) electrons. The van der Waals surface area contributed by atoms with E-state index in [4.69, 9.17) is 44.3 Å². The Kier molecular flexibility index (Phi) is 9.81. The van der Waals surface area contributed by atoms with Gasteiger partial charge >= 0.3 is 12.1 Å². The molecule has 1 atom stereocenters. The van der Waals surface area contributed by atoms with E-state index in [0.717, 1.165) is 21.5 Å². The number of esters is 1. The van der Waals surface area contributed by atoms with Gasteiger partial charge < -0.3 is 9.47 Å². The van der Waals surface area contributed by atoms with Crippen molar-refractivity contribution in [2.75, 3.05) is 6.61 Å². The van der Waals surface area contributed by atoms with Gasteiger partial charge in [-0.2, -0.15) is 13.2 Å². The fraction of sp³-hybridized carbons (Fsp3) is 0.167. The Morgan fingerprint density at radius 3 is 2.45 bits per heavy atom. The number of aromatic nitrogens is 1. The molecule has 0 N–H and O–H groups in total. The molecule has 0 unspecified atom stereocenters. The molecule has 5 rings (SSSR count). The van der Waals surface area contributed by atoms with Crippen LogP contribution in [0.3, 0.4) is 0 Å². The lowest BCUT2D eigenvalue weighted by Crippen LogP contribution is -2.41. The summed E-state index contributed by atoms with van der Waals surface area (Å²) in [5.74, 6) is -0.851. The first-order chi connectivity index (χ1) is 20.9. The zero-order chi connectivity index (χ0) is 31.8. The van der Waals surface area contributed by atoms with E-state index >= 15 is 0 Å². The van der Waals surface area contributed by atoms with Gasteiger partial charge in [-0.25, -0.2) is 9.79 Å². The molecule has 228 valence electrons. The first kappa shape index (κ1) is 32.6. The zero-order valence-electron chi connectivity index (χ0n) is 22.4. The minimum atomic E-state index is -5.02. The molecule has 0 saturated heterocycles. The summed E-state index contributed by atoms with van der Waals surface area (Å²) in [7, 11) is 0. The van der Waals surface area contributed by atoms with E-state index in [2.05, 4.69) is 4.99 Å². The number of halogens is 7. The van der Waals surface area contributed by atoms with Crippen molar-refractivity contribution >= 4 is 80.8 Å². The highest BCUT2D eigenvalue weighted by Crippen LogP contribution is 2.38. The molecule has 3 aromatic carbocycles. The van der Waals surface area contributed by atoms with Gasteiger partial charge in [0.15, 0.2) is 10.5 Å². The topological polar surface area (TPSA) is 69.9 Å². The summed E-state index contributed by atoms with van der Waals surface area (Å²) in [6.07, 6.45) is -3.55. The SMILES string of the molecule is CCOC(=O)C1=C(C(F)(F)F)N=c2s/c(=C\c3cc(Cl)cc(I)c3OCc3ccccc3Cl)c(=O)n2[C@@H]1c1ccc(Cl)cc1. The van der Waals surface area contributed by atoms with Crippen molar-refractivity contribution in [2.24, 2.45) is 4.99 Å². The molecule has 1 aliphatic rings. The summed E-state index contributed by atoms with van der Waals surface area (Å²) in [6, 6.07) is 14.7. The van der Waals surface area contributed by atoms with Crippen LogP contribution in [0.15, 0.2) is 81.7 Å². The van der Waals surface area contributed by atoms with Gasteiger partial charge in [0.25, 0.3) is 5.56 Å². The molecule has 0 aliphatic carbocycles. The predicted molar refractivity (Wildman–Crippen MR) is 172 cm³/mol. The average Bonchev–Trinajstić information content (AvgIpc) is 3.27. The van der Waals surface area contributed by atoms with Gasteiger partial charge in [0.1, 0.15) is 12.4 Å². The molecule has 0 amide bonds. The maximum absolute atomic E-state index is 14.4. The Hall–Kier alpha value is -2.84. The number of alkyl halides is 3. The van der Waals surface area contributed by atoms with Gasteiger partial charge in [0.05, 0.1) is 26.3 Å². The second-order valence-corrected chi connectivity index (χ2v) is 12.8. The Balaban J connectivity index is 1.72. The average molecular weight is 794 g/mol. The fourth-order valence-electron chi connectivity index (χ4n) is 4.55. The largest absolute Gasteiger partial charge is 0.487 e. The molecule has 0 bridgehead atoms. The lowest BCUT2D eigenvalue weighted by Gasteiger charge is -2.26. The zero-order valence-corrected chi connectivity index (χ0v) is 27.7. The van der Waals surface area contributed by atoms with Crippen LogP contribution in [-0.2, 0) is 16.1 Å². The summed E-state index contributed by atoms with van der Waals surface area (Å²) in [4.78, 5) is 30.5. The molecule has 1 aliphatic heterocycles. The van der Waals surface area contributed by atoms with Gasteiger partial charge in [-0.1, -0.05) is 76.5 Å². The second kappa shape index (κ2) is 13.3. The third kappa shape index (κ3) is 6.71. The second-order valence-electron chi connectivity index (χ2n) is 9.30. The van der Waals surface area contributed by atoms with Crippen LogP contribution in [0.5, 0.6) is 5.75 Å². The Morgan fingerprint density at radius 2 is 1.80 bits per heavy atom. The minimum absolute atomic E-state index is 0.0370. The number of ether oxygens (including phenoxy) is 2. The third-order valence-corrected chi connectivity index (χ3v) is 9.06. The summed E-state index contributed by atoms with van der Waals surface area (Å²) < 4.78 is 56.0. The first-order valence-electron chi connectivity index (χ1n) is 12.8. The lowest BCUT2D eigenvalue weighted by molar-refractivity contribution is -0.140. The fourth-order valence-corrected chi connectivity index (χ4v) is 7.07. The van der Waals surface area contributed by atoms with Crippen molar-refractivity contribution in [1.29, 1.82) is 0 Å². The van der Waals surface area contributed by atoms with Crippen LogP contribution in [0, 0.1) is 3.57 Å². The number of carbonyl (C=O) groups is 1. The highest BCUT2D eigenvalue weighted by atomic mass is 127. The van der Waals surface area contributed by atoms with E-state index < -0.39 is 35.0 Å². The first-order valence-corrected chi connectivity index (χ1v) is 15.8. The number of rotatable bonds is 7. The van der Waals surface area contributed by atoms with Crippen LogP contribution < -0.4 is 19.6 Å². The summed E-state index contributed by atoms with van der Waals surface area (Å²) in [5.41, 5.74) is -1.58. The molecule has 14 heteroatoms. The quantitative estimate of drug-likeness (QED) is 0.144. The van der Waals surface area contributed by atoms with E-state index in [1.807, 2.05) is 28.7 Å². The van der Waals surface area contributed by atoms with Crippen molar-refractivity contribution in [2.45, 2.75) is 25.7 Å². The Morgan fingerprint density at radius 1 is 1.09 bits per heavy atom. The van der Waals surface area contributed by atoms with E-state index in [-0.39, 0.29) is 28.1 Å². The summed E-state index contributed by atoms with van der Waals surface area (Å²) >= 11 is 21.4. The normalized spacial score (nSPS) is 15.2. The molecule has 0 saturated carbocycles. The van der Waals surface area contributed by atoms with Crippen molar-refractivity contribution in [3.05, 3.63) is 127 Å². The molecule has 0 fully saturated rings. The Labute approximate surface area is 281 Å². The number of fused-ring (bicyclic) bond motifs is 1. The van der Waals surface area contributed by atoms with Crippen molar-refractivity contribution in [1.82, 2.24) is 4.57 Å². The summed E-state index contributed by atoms with van der Waals surface area (Å²) in [6.45, 7) is 1.39. The number of hydrogen-bond donors (Lipinski definition) is 0. The number of thiazole rings is 1. The Bertz CT molecular complexity index is 1980. The number of benzene rings is 3. The van der Waals surface area contributed by atoms with Crippen molar-refractivity contribution in [3.8, 4) is 5.75 Å². The maximum atomic E-state index is 14.4. The van der Waals surface area contributed by atoms with Gasteiger partial charge in [0, 0.05) is 26.2 Å². The summed E-state index contributed by atoms with van der Waals surface area (Å²) in [5, 5.41) is 1.17. The molecule has 1 aromatic heterocycles. The van der Waals surface area contributed by atoms with E-state index in [0.29, 0.717) is 30.0 Å². The molecule has 2 heterocycles. The minimum Gasteiger partial charge on any atom is -0.487 e. The highest BCUT2D eigenvalue weighted by Gasteiger charge is 2.45. The molecule has 0 spiro atoms. The van der Waals surface area contributed by atoms with Gasteiger partial charge in [-0.3, -0.25) is 9.36 Å². The highest BCUT2D eigenvalue weighted by molar-refractivity contribution is 14.1.